The number of benzene rings is 8. The second-order valence-electron chi connectivity index (χ2n) is 14.1. The van der Waals surface area contributed by atoms with Gasteiger partial charge in [0.1, 0.15) is 11.6 Å². The third kappa shape index (κ3) is 4.12. The summed E-state index contributed by atoms with van der Waals surface area (Å²) in [4.78, 5) is 4.37. The second-order valence-corrected chi connectivity index (χ2v) is 16.2. The molecular weight excluding hydrogens is 733 g/mol. The van der Waals surface area contributed by atoms with Crippen LogP contribution in [0.5, 0.6) is 0 Å². The average molecular weight is 758 g/mol. The lowest BCUT2D eigenvalue weighted by Gasteiger charge is -2.21. The molecule has 12 aromatic rings. The molecule has 4 aromatic heterocycles. The summed E-state index contributed by atoms with van der Waals surface area (Å²) >= 11 is 3.44. The molecule has 262 valence electrons. The van der Waals surface area contributed by atoms with Gasteiger partial charge >= 0.3 is 0 Å². The number of rotatable bonds is 3. The Balaban J connectivity index is 1.31. The van der Waals surface area contributed by atoms with Gasteiger partial charge in [-0.2, -0.15) is 0 Å². The Bertz CT molecular complexity index is 3690. The maximum atomic E-state index is 16.2. The van der Waals surface area contributed by atoms with Crippen molar-refractivity contribution < 1.29 is 8.78 Å². The maximum absolute atomic E-state index is 16.2. The Kier molecular flexibility index (Phi) is 6.51. The van der Waals surface area contributed by atoms with Crippen LogP contribution in [0.15, 0.2) is 152 Å². The largest absolute Gasteiger partial charge is 0.318 e. The summed E-state index contributed by atoms with van der Waals surface area (Å²) in [5, 5.41) is 8.69. The lowest BCUT2D eigenvalue weighted by atomic mass is 9.99. The molecule has 0 fully saturated rings. The highest BCUT2D eigenvalue weighted by molar-refractivity contribution is 7.27. The van der Waals surface area contributed by atoms with Crippen LogP contribution in [-0.4, -0.2) is 9.13 Å². The van der Waals surface area contributed by atoms with Crippen LogP contribution in [0.3, 0.4) is 0 Å². The minimum absolute atomic E-state index is 0.164. The van der Waals surface area contributed by atoms with E-state index < -0.39 is 11.6 Å². The van der Waals surface area contributed by atoms with Crippen molar-refractivity contribution in [1.29, 1.82) is 0 Å². The lowest BCUT2D eigenvalue weighted by molar-refractivity contribution is 0.589. The van der Waals surface area contributed by atoms with E-state index in [0.29, 0.717) is 22.6 Å². The van der Waals surface area contributed by atoms with E-state index in [2.05, 4.69) is 92.8 Å². The lowest BCUT2D eigenvalue weighted by Crippen LogP contribution is -2.04. The quantitative estimate of drug-likeness (QED) is 0.159. The van der Waals surface area contributed by atoms with Crippen molar-refractivity contribution in [1.82, 2.24) is 9.13 Å². The molecule has 56 heavy (non-hydrogen) atoms. The molecule has 0 aliphatic carbocycles. The summed E-state index contributed by atoms with van der Waals surface area (Å²) in [5.41, 5.74) is 5.22. The van der Waals surface area contributed by atoms with Gasteiger partial charge in [-0.25, -0.2) is 13.6 Å². The van der Waals surface area contributed by atoms with Crippen LogP contribution in [0.1, 0.15) is 0 Å². The van der Waals surface area contributed by atoms with Crippen LogP contribution in [0.2, 0.25) is 0 Å². The molecule has 12 rings (SSSR count). The molecule has 8 aromatic carbocycles. The molecule has 0 spiro atoms. The summed E-state index contributed by atoms with van der Waals surface area (Å²) in [6.07, 6.45) is 0. The summed E-state index contributed by atoms with van der Waals surface area (Å²) in [6, 6.07) is 49.5. The Morgan fingerprint density at radius 3 is 1.50 bits per heavy atom. The molecule has 0 saturated carbocycles. The molecule has 0 aliphatic rings. The third-order valence-corrected chi connectivity index (χ3v) is 13.7. The minimum Gasteiger partial charge on any atom is -0.318 e. The number of nitrogens with zero attached hydrogens (tertiary/aromatic N) is 3. The van der Waals surface area contributed by atoms with Crippen LogP contribution in [0.4, 0.5) is 14.5 Å². The molecule has 0 bridgehead atoms. The first-order chi connectivity index (χ1) is 27.6. The number of fused-ring (bicyclic) bond motifs is 14. The van der Waals surface area contributed by atoms with Gasteiger partial charge in [0.2, 0.25) is 5.69 Å². The third-order valence-electron chi connectivity index (χ3n) is 11.3. The second kappa shape index (κ2) is 11.6. The zero-order chi connectivity index (χ0) is 37.2. The van der Waals surface area contributed by atoms with E-state index in [4.69, 9.17) is 6.57 Å². The zero-order valence-corrected chi connectivity index (χ0v) is 31.0. The Morgan fingerprint density at radius 1 is 0.446 bits per heavy atom. The van der Waals surface area contributed by atoms with Gasteiger partial charge in [-0.1, -0.05) is 109 Å². The van der Waals surface area contributed by atoms with Crippen LogP contribution in [0.25, 0.3) is 111 Å². The van der Waals surface area contributed by atoms with Gasteiger partial charge in [-0.15, -0.1) is 22.7 Å². The molecule has 0 amide bonds. The van der Waals surface area contributed by atoms with Crippen LogP contribution in [0, 0.1) is 18.2 Å². The summed E-state index contributed by atoms with van der Waals surface area (Å²) in [5.74, 6) is -1.38. The van der Waals surface area contributed by atoms with E-state index >= 15 is 8.78 Å². The van der Waals surface area contributed by atoms with Crippen molar-refractivity contribution in [3.05, 3.63) is 175 Å². The zero-order valence-electron chi connectivity index (χ0n) is 29.3. The first-order valence-electron chi connectivity index (χ1n) is 18.3. The van der Waals surface area contributed by atoms with E-state index in [1.807, 2.05) is 48.5 Å². The Morgan fingerprint density at radius 2 is 0.929 bits per heavy atom. The smallest absolute Gasteiger partial charge is 0.234 e. The predicted octanol–water partition coefficient (Wildman–Crippen LogP) is 15.1. The van der Waals surface area contributed by atoms with Gasteiger partial charge in [0.25, 0.3) is 0 Å². The Hall–Kier alpha value is -6.85. The molecule has 3 nitrogen and oxygen atoms in total. The molecule has 0 aliphatic heterocycles. The predicted molar refractivity (Wildman–Crippen MR) is 233 cm³/mol. The normalized spacial score (nSPS) is 12.1. The highest BCUT2D eigenvalue weighted by Crippen LogP contribution is 2.50. The first-order valence-corrected chi connectivity index (χ1v) is 19.9. The monoisotopic (exact) mass is 757 g/mol. The van der Waals surface area contributed by atoms with Crippen molar-refractivity contribution in [2.45, 2.75) is 0 Å². The summed E-state index contributed by atoms with van der Waals surface area (Å²) in [7, 11) is 0. The van der Waals surface area contributed by atoms with Crippen LogP contribution >= 0.6 is 22.7 Å². The van der Waals surface area contributed by atoms with Gasteiger partial charge in [-0.05, 0) is 42.5 Å². The number of thiophene rings is 2. The highest BCUT2D eigenvalue weighted by atomic mass is 32.1. The highest BCUT2D eigenvalue weighted by Gasteiger charge is 2.28. The number of para-hydroxylation sites is 2. The van der Waals surface area contributed by atoms with Crippen molar-refractivity contribution in [2.75, 3.05) is 0 Å². The van der Waals surface area contributed by atoms with E-state index in [0.717, 1.165) is 73.9 Å². The Labute approximate surface area is 325 Å². The number of aromatic nitrogens is 2. The fourth-order valence-corrected chi connectivity index (χ4v) is 11.5. The van der Waals surface area contributed by atoms with Crippen molar-refractivity contribution in [3.63, 3.8) is 0 Å². The molecular formula is C49H25F2N3S2. The van der Waals surface area contributed by atoms with Gasteiger partial charge in [0, 0.05) is 58.1 Å². The van der Waals surface area contributed by atoms with Crippen LogP contribution in [-0.2, 0) is 0 Å². The summed E-state index contributed by atoms with van der Waals surface area (Å²) < 4.78 is 41.1. The first kappa shape index (κ1) is 31.5. The van der Waals surface area contributed by atoms with Crippen LogP contribution < -0.4 is 0 Å². The standard InChI is InChI=1S/C49H25F2N3S2/c1-52-44-40(53-38-17-6-2-11-27(38)31-21-23-33-29-13-4-8-19-41(29)55-48(33)46(31)53)26-25-35(43-36(50)15-10-16-37(43)51)45(44)54-39-18-7-3-12-28(39)32-22-24-34-30-14-5-9-20-42(30)56-49(34)47(32)54/h2-26H. The molecule has 0 unspecified atom stereocenters. The molecule has 0 atom stereocenters. The number of hydrogen-bond donors (Lipinski definition) is 0. The maximum Gasteiger partial charge on any atom is 0.234 e. The fraction of sp³-hybridized carbons (Fsp3) is 0. The van der Waals surface area contributed by atoms with Crippen molar-refractivity contribution in [3.8, 4) is 22.5 Å². The molecule has 0 saturated heterocycles. The molecule has 0 N–H and O–H groups in total. The van der Waals surface area contributed by atoms with E-state index in [9.17, 15) is 0 Å². The molecule has 0 radical (unpaired) electrons. The number of halogens is 2. The van der Waals surface area contributed by atoms with E-state index in [1.54, 1.807) is 28.7 Å². The van der Waals surface area contributed by atoms with Gasteiger partial charge in [0.15, 0.2) is 0 Å². The minimum atomic E-state index is -0.688. The van der Waals surface area contributed by atoms with Gasteiger partial charge in [0.05, 0.1) is 55.0 Å². The number of hydrogen-bond acceptors (Lipinski definition) is 2. The van der Waals surface area contributed by atoms with E-state index in [1.165, 1.54) is 28.3 Å². The molecule has 7 heteroatoms. The SMILES string of the molecule is [C-]#[N+]c1c(-n2c3ccccc3c3ccc4c5ccccc5sc4c32)ccc(-c2c(F)cccc2F)c1-n1c2ccccc2c2ccc3c4ccccc4sc3c21. The van der Waals surface area contributed by atoms with E-state index in [-0.39, 0.29) is 5.56 Å². The van der Waals surface area contributed by atoms with Gasteiger partial charge in [-0.3, -0.25) is 0 Å². The average Bonchev–Trinajstić information content (AvgIpc) is 3.98. The topological polar surface area (TPSA) is 14.2 Å². The molecule has 4 heterocycles. The summed E-state index contributed by atoms with van der Waals surface area (Å²) in [6.45, 7) is 9.05. The van der Waals surface area contributed by atoms with Gasteiger partial charge < -0.3 is 9.13 Å². The van der Waals surface area contributed by atoms with Crippen molar-refractivity contribution in [2.24, 2.45) is 0 Å². The fourth-order valence-electron chi connectivity index (χ4n) is 8.99. The van der Waals surface area contributed by atoms with Crippen molar-refractivity contribution >= 4 is 112 Å².